The van der Waals surface area contributed by atoms with E-state index in [9.17, 15) is 0 Å². The Kier molecular flexibility index (Phi) is 1.80. The highest BCUT2D eigenvalue weighted by atomic mass is 14.5. The number of hydrogen-bond acceptors (Lipinski definition) is 0. The minimum Gasteiger partial charge on any atom is -0.253 e. The van der Waals surface area contributed by atoms with E-state index < -0.39 is 0 Å². The predicted octanol–water partition coefficient (Wildman–Crippen LogP) is 2.62. The standard InChI is InChI=1S/C11H10N/c12-8-10-6-3-5-9-4-1-2-7-11(9)10/h1-7,12H,8H2. The van der Waals surface area contributed by atoms with Crippen LogP contribution in [0.25, 0.3) is 10.8 Å². The van der Waals surface area contributed by atoms with Crippen LogP contribution in [0.3, 0.4) is 0 Å². The second-order valence-corrected chi connectivity index (χ2v) is 2.82. The molecule has 0 saturated heterocycles. The van der Waals surface area contributed by atoms with Gasteiger partial charge in [0, 0.05) is 6.54 Å². The number of fused-ring (bicyclic) bond motifs is 1. The van der Waals surface area contributed by atoms with E-state index in [4.69, 9.17) is 5.73 Å². The minimum atomic E-state index is 0.362. The fourth-order valence-electron chi connectivity index (χ4n) is 1.45. The van der Waals surface area contributed by atoms with Crippen molar-refractivity contribution in [2.75, 3.05) is 0 Å². The molecule has 0 aliphatic rings. The summed E-state index contributed by atoms with van der Waals surface area (Å²) in [6.07, 6.45) is 0. The summed E-state index contributed by atoms with van der Waals surface area (Å²) < 4.78 is 0. The van der Waals surface area contributed by atoms with E-state index in [-0.39, 0.29) is 0 Å². The molecule has 0 aliphatic carbocycles. The van der Waals surface area contributed by atoms with Gasteiger partial charge in [0.15, 0.2) is 0 Å². The summed E-state index contributed by atoms with van der Waals surface area (Å²) in [4.78, 5) is 0. The van der Waals surface area contributed by atoms with Gasteiger partial charge < -0.3 is 0 Å². The molecule has 0 atom stereocenters. The summed E-state index contributed by atoms with van der Waals surface area (Å²) >= 11 is 0. The van der Waals surface area contributed by atoms with Crippen LogP contribution in [-0.2, 0) is 6.54 Å². The predicted molar refractivity (Wildman–Crippen MR) is 50.7 cm³/mol. The van der Waals surface area contributed by atoms with Crippen molar-refractivity contribution in [1.82, 2.24) is 5.73 Å². The molecular formula is C11H10N. The Balaban J connectivity index is 2.79. The quantitative estimate of drug-likeness (QED) is 0.606. The van der Waals surface area contributed by atoms with E-state index in [0.29, 0.717) is 6.54 Å². The monoisotopic (exact) mass is 156 g/mol. The van der Waals surface area contributed by atoms with Gasteiger partial charge in [-0.05, 0) is 16.3 Å². The van der Waals surface area contributed by atoms with Gasteiger partial charge in [0.25, 0.3) is 0 Å². The maximum Gasteiger partial charge on any atom is 0.0357 e. The summed E-state index contributed by atoms with van der Waals surface area (Å²) in [5.41, 5.74) is 8.43. The van der Waals surface area contributed by atoms with E-state index in [0.717, 1.165) is 5.56 Å². The van der Waals surface area contributed by atoms with Gasteiger partial charge in [0.2, 0.25) is 0 Å². The Bertz CT molecular complexity index is 388. The zero-order valence-corrected chi connectivity index (χ0v) is 6.75. The van der Waals surface area contributed by atoms with Crippen LogP contribution in [0.1, 0.15) is 5.56 Å². The first kappa shape index (κ1) is 7.32. The molecule has 0 bridgehead atoms. The van der Waals surface area contributed by atoms with Crippen molar-refractivity contribution in [3.05, 3.63) is 48.0 Å². The normalized spacial score (nSPS) is 10.4. The van der Waals surface area contributed by atoms with Crippen LogP contribution in [-0.4, -0.2) is 0 Å². The molecule has 0 heterocycles. The molecule has 2 rings (SSSR count). The summed E-state index contributed by atoms with van der Waals surface area (Å²) in [6, 6.07) is 14.3. The fraction of sp³-hybridized carbons (Fsp3) is 0.0909. The Labute approximate surface area is 71.8 Å². The Morgan fingerprint density at radius 1 is 0.917 bits per heavy atom. The third-order valence-corrected chi connectivity index (χ3v) is 2.07. The highest BCUT2D eigenvalue weighted by Crippen LogP contribution is 2.17. The van der Waals surface area contributed by atoms with E-state index in [1.807, 2.05) is 24.3 Å². The van der Waals surface area contributed by atoms with E-state index in [1.165, 1.54) is 10.8 Å². The summed E-state index contributed by atoms with van der Waals surface area (Å²) in [7, 11) is 0. The SMILES string of the molecule is [NH]Cc1cccc2ccccc12. The molecule has 59 valence electrons. The van der Waals surface area contributed by atoms with Gasteiger partial charge in [-0.3, -0.25) is 5.73 Å². The molecule has 1 radical (unpaired) electrons. The molecule has 1 N–H and O–H groups in total. The van der Waals surface area contributed by atoms with E-state index >= 15 is 0 Å². The van der Waals surface area contributed by atoms with E-state index in [1.54, 1.807) is 0 Å². The van der Waals surface area contributed by atoms with E-state index in [2.05, 4.69) is 18.2 Å². The first-order valence-corrected chi connectivity index (χ1v) is 4.03. The summed E-state index contributed by atoms with van der Waals surface area (Å²) in [5, 5.41) is 2.43. The van der Waals surface area contributed by atoms with Gasteiger partial charge in [-0.25, -0.2) is 0 Å². The molecule has 0 fully saturated rings. The first-order chi connectivity index (χ1) is 5.92. The van der Waals surface area contributed by atoms with Crippen LogP contribution < -0.4 is 5.73 Å². The Morgan fingerprint density at radius 3 is 2.50 bits per heavy atom. The van der Waals surface area contributed by atoms with Crippen molar-refractivity contribution in [1.29, 1.82) is 0 Å². The third kappa shape index (κ3) is 1.08. The van der Waals surface area contributed by atoms with Gasteiger partial charge >= 0.3 is 0 Å². The minimum absolute atomic E-state index is 0.362. The van der Waals surface area contributed by atoms with Crippen LogP contribution >= 0.6 is 0 Å². The lowest BCUT2D eigenvalue weighted by Crippen LogP contribution is -1.85. The topological polar surface area (TPSA) is 23.8 Å². The second-order valence-electron chi connectivity index (χ2n) is 2.82. The van der Waals surface area contributed by atoms with Crippen molar-refractivity contribution in [2.45, 2.75) is 6.54 Å². The molecule has 2 aromatic rings. The first-order valence-electron chi connectivity index (χ1n) is 4.03. The molecule has 1 heteroatoms. The maximum absolute atomic E-state index is 7.33. The van der Waals surface area contributed by atoms with Crippen molar-refractivity contribution >= 4 is 10.8 Å². The molecule has 12 heavy (non-hydrogen) atoms. The van der Waals surface area contributed by atoms with Crippen molar-refractivity contribution in [2.24, 2.45) is 0 Å². The third-order valence-electron chi connectivity index (χ3n) is 2.07. The van der Waals surface area contributed by atoms with Crippen LogP contribution in [0.2, 0.25) is 0 Å². The largest absolute Gasteiger partial charge is 0.253 e. The van der Waals surface area contributed by atoms with Crippen molar-refractivity contribution in [3.8, 4) is 0 Å². The zero-order chi connectivity index (χ0) is 8.39. The summed E-state index contributed by atoms with van der Waals surface area (Å²) in [6.45, 7) is 0.362. The molecule has 0 unspecified atom stereocenters. The smallest absolute Gasteiger partial charge is 0.0357 e. The maximum atomic E-state index is 7.33. The van der Waals surface area contributed by atoms with Crippen LogP contribution in [0.4, 0.5) is 0 Å². The molecule has 0 aromatic heterocycles. The number of benzene rings is 2. The molecule has 1 nitrogen and oxygen atoms in total. The molecule has 0 amide bonds. The van der Waals surface area contributed by atoms with Gasteiger partial charge in [-0.2, -0.15) is 0 Å². The Morgan fingerprint density at radius 2 is 1.67 bits per heavy atom. The number of rotatable bonds is 1. The number of nitrogens with one attached hydrogen (secondary N) is 1. The van der Waals surface area contributed by atoms with Crippen molar-refractivity contribution < 1.29 is 0 Å². The van der Waals surface area contributed by atoms with Gasteiger partial charge in [-0.1, -0.05) is 42.5 Å². The molecule has 0 saturated carbocycles. The second kappa shape index (κ2) is 2.95. The molecule has 2 aromatic carbocycles. The zero-order valence-electron chi connectivity index (χ0n) is 6.75. The molecular weight excluding hydrogens is 146 g/mol. The lowest BCUT2D eigenvalue weighted by Gasteiger charge is -2.01. The summed E-state index contributed by atoms with van der Waals surface area (Å²) in [5.74, 6) is 0. The van der Waals surface area contributed by atoms with Gasteiger partial charge in [0.1, 0.15) is 0 Å². The lowest BCUT2D eigenvalue weighted by atomic mass is 10.1. The Hall–Kier alpha value is -1.34. The molecule has 0 aliphatic heterocycles. The number of hydrogen-bond donors (Lipinski definition) is 0. The lowest BCUT2D eigenvalue weighted by molar-refractivity contribution is 1.04. The average molecular weight is 156 g/mol. The van der Waals surface area contributed by atoms with Gasteiger partial charge in [-0.15, -0.1) is 0 Å². The van der Waals surface area contributed by atoms with Gasteiger partial charge in [0.05, 0.1) is 0 Å². The average Bonchev–Trinajstić information content (AvgIpc) is 2.17. The highest BCUT2D eigenvalue weighted by molar-refractivity contribution is 5.85. The van der Waals surface area contributed by atoms with Crippen LogP contribution in [0.15, 0.2) is 42.5 Å². The van der Waals surface area contributed by atoms with Crippen molar-refractivity contribution in [3.63, 3.8) is 0 Å². The highest BCUT2D eigenvalue weighted by Gasteiger charge is 1.96. The fourth-order valence-corrected chi connectivity index (χ4v) is 1.45. The van der Waals surface area contributed by atoms with Crippen LogP contribution in [0.5, 0.6) is 0 Å². The van der Waals surface area contributed by atoms with Crippen LogP contribution in [0, 0.1) is 0 Å². The molecule has 0 spiro atoms.